The largest absolute Gasteiger partial charge is 0.493 e. The quantitative estimate of drug-likeness (QED) is 0.649. The van der Waals surface area contributed by atoms with Crippen LogP contribution in [0, 0.1) is 0 Å². The Morgan fingerprint density at radius 3 is 2.57 bits per heavy atom. The van der Waals surface area contributed by atoms with E-state index >= 15 is 0 Å². The number of allylic oxidation sites excluding steroid dienone is 1. The summed E-state index contributed by atoms with van der Waals surface area (Å²) in [5, 5.41) is 8.29. The van der Waals surface area contributed by atoms with Gasteiger partial charge in [-0.2, -0.15) is 4.98 Å². The van der Waals surface area contributed by atoms with Gasteiger partial charge in [-0.15, -0.1) is 5.10 Å². The van der Waals surface area contributed by atoms with Crippen LogP contribution in [0.3, 0.4) is 0 Å². The third-order valence-electron chi connectivity index (χ3n) is 4.96. The molecule has 1 atom stereocenters. The number of hydrogen-bond acceptors (Lipinski definition) is 6. The molecule has 3 N–H and O–H groups in total. The summed E-state index contributed by atoms with van der Waals surface area (Å²) in [6.45, 7) is 1.78. The van der Waals surface area contributed by atoms with Crippen molar-refractivity contribution >= 4 is 23.5 Å². The number of nitrogens with zero attached hydrogens (tertiary/aromatic N) is 3. The lowest BCUT2D eigenvalue weighted by Gasteiger charge is -2.28. The zero-order valence-corrected chi connectivity index (χ0v) is 17.4. The van der Waals surface area contributed by atoms with E-state index in [2.05, 4.69) is 15.4 Å². The number of rotatable bonds is 5. The maximum absolute atomic E-state index is 12.3. The summed E-state index contributed by atoms with van der Waals surface area (Å²) in [6.07, 6.45) is 0. The lowest BCUT2D eigenvalue weighted by Crippen LogP contribution is -2.32. The van der Waals surface area contributed by atoms with Crippen LogP contribution in [-0.4, -0.2) is 34.9 Å². The lowest BCUT2D eigenvalue weighted by molar-refractivity contribution is -0.115. The van der Waals surface area contributed by atoms with Crippen LogP contribution in [-0.2, 0) is 4.79 Å². The first kappa shape index (κ1) is 19.8. The number of carbonyl (C=O) groups excluding carboxylic acids is 1. The zero-order valence-electron chi connectivity index (χ0n) is 16.6. The molecule has 2 heterocycles. The van der Waals surface area contributed by atoms with E-state index in [1.165, 1.54) is 0 Å². The Morgan fingerprint density at radius 1 is 1.17 bits per heavy atom. The number of amides is 1. The smallest absolute Gasteiger partial charge is 0.248 e. The predicted molar refractivity (Wildman–Crippen MR) is 114 cm³/mol. The van der Waals surface area contributed by atoms with Crippen molar-refractivity contribution in [2.45, 2.75) is 13.0 Å². The Hall–Kier alpha value is -3.52. The number of benzene rings is 2. The van der Waals surface area contributed by atoms with Crippen LogP contribution in [0.4, 0.5) is 5.95 Å². The first-order valence-electron chi connectivity index (χ1n) is 9.15. The normalized spacial score (nSPS) is 15.4. The second-order valence-electron chi connectivity index (χ2n) is 6.73. The molecule has 0 saturated carbocycles. The van der Waals surface area contributed by atoms with Crippen LogP contribution in [0.2, 0.25) is 5.02 Å². The van der Waals surface area contributed by atoms with Gasteiger partial charge in [-0.3, -0.25) is 4.79 Å². The van der Waals surface area contributed by atoms with Gasteiger partial charge < -0.3 is 20.5 Å². The molecule has 30 heavy (non-hydrogen) atoms. The number of methoxy groups -OCH3 is 2. The van der Waals surface area contributed by atoms with E-state index in [-0.39, 0.29) is 0 Å². The van der Waals surface area contributed by atoms with Gasteiger partial charge in [0.05, 0.1) is 19.8 Å². The van der Waals surface area contributed by atoms with E-state index in [1.54, 1.807) is 44.0 Å². The van der Waals surface area contributed by atoms with Crippen LogP contribution in [0.5, 0.6) is 11.5 Å². The first-order chi connectivity index (χ1) is 14.4. The number of fused-ring (bicyclic) bond motifs is 1. The van der Waals surface area contributed by atoms with Gasteiger partial charge >= 0.3 is 0 Å². The molecule has 0 aliphatic carbocycles. The number of aromatic nitrogens is 3. The number of carbonyl (C=O) groups is 1. The Balaban J connectivity index is 1.87. The Labute approximate surface area is 178 Å². The highest BCUT2D eigenvalue weighted by atomic mass is 35.5. The van der Waals surface area contributed by atoms with Gasteiger partial charge in [0.1, 0.15) is 6.04 Å². The maximum atomic E-state index is 12.3. The number of nitrogens with two attached hydrogens (primary N) is 1. The summed E-state index contributed by atoms with van der Waals surface area (Å²) in [5.74, 6) is 1.54. The van der Waals surface area contributed by atoms with Crippen molar-refractivity contribution in [2.75, 3.05) is 19.5 Å². The summed E-state index contributed by atoms with van der Waals surface area (Å²) in [6, 6.07) is 12.1. The van der Waals surface area contributed by atoms with E-state index < -0.39 is 11.9 Å². The van der Waals surface area contributed by atoms with Crippen LogP contribution in [0.25, 0.3) is 11.4 Å². The highest BCUT2D eigenvalue weighted by Gasteiger charge is 2.34. The van der Waals surface area contributed by atoms with Crippen LogP contribution in [0.1, 0.15) is 18.5 Å². The molecule has 1 amide bonds. The molecular weight excluding hydrogens is 406 g/mol. The first-order valence-corrected chi connectivity index (χ1v) is 9.53. The van der Waals surface area contributed by atoms with E-state index in [4.69, 9.17) is 26.8 Å². The van der Waals surface area contributed by atoms with Gasteiger partial charge in [-0.05, 0) is 31.2 Å². The summed E-state index contributed by atoms with van der Waals surface area (Å²) in [4.78, 5) is 16.9. The number of primary amides is 1. The third-order valence-corrected chi connectivity index (χ3v) is 5.30. The molecule has 1 aromatic heterocycles. The van der Waals surface area contributed by atoms with Crippen molar-refractivity contribution in [1.29, 1.82) is 0 Å². The Morgan fingerprint density at radius 2 is 1.90 bits per heavy atom. The standard InChI is InChI=1S/C21H20ClN5O3/c1-11-17(19(23)28)18(13-6-4-5-7-14(13)22)27-21(24-11)25-20(26-27)12-8-9-15(29-2)16(10-12)30-3/h4-10,18H,1-3H3,(H2,23,28)(H,24,25,26). The molecule has 0 saturated heterocycles. The minimum atomic E-state index is -0.603. The molecule has 1 aliphatic heterocycles. The van der Waals surface area contributed by atoms with Crippen LogP contribution in [0.15, 0.2) is 53.7 Å². The molecule has 0 fully saturated rings. The number of hydrogen-bond donors (Lipinski definition) is 2. The summed E-state index contributed by atoms with van der Waals surface area (Å²) in [5.41, 5.74) is 8.12. The molecule has 2 aromatic carbocycles. The average Bonchev–Trinajstić information content (AvgIpc) is 3.16. The molecule has 4 rings (SSSR count). The fourth-order valence-corrected chi connectivity index (χ4v) is 3.79. The van der Waals surface area contributed by atoms with Crippen molar-refractivity contribution in [2.24, 2.45) is 5.73 Å². The number of anilines is 1. The summed E-state index contributed by atoms with van der Waals surface area (Å²) < 4.78 is 12.3. The number of ether oxygens (including phenoxy) is 2. The molecule has 9 heteroatoms. The Bertz CT molecular complexity index is 1170. The van der Waals surface area contributed by atoms with Gasteiger partial charge in [-0.1, -0.05) is 29.8 Å². The van der Waals surface area contributed by atoms with Crippen molar-refractivity contribution in [3.63, 3.8) is 0 Å². The molecular formula is C21H20ClN5O3. The molecule has 3 aromatic rings. The monoisotopic (exact) mass is 425 g/mol. The minimum Gasteiger partial charge on any atom is -0.493 e. The minimum absolute atomic E-state index is 0.374. The van der Waals surface area contributed by atoms with E-state index in [0.717, 1.165) is 5.56 Å². The van der Waals surface area contributed by atoms with Crippen molar-refractivity contribution < 1.29 is 14.3 Å². The van der Waals surface area contributed by atoms with Crippen molar-refractivity contribution in [3.8, 4) is 22.9 Å². The molecule has 0 spiro atoms. The van der Waals surface area contributed by atoms with Gasteiger partial charge in [0.2, 0.25) is 11.9 Å². The van der Waals surface area contributed by atoms with E-state index in [1.807, 2.05) is 24.3 Å². The fourth-order valence-electron chi connectivity index (χ4n) is 3.55. The average molecular weight is 426 g/mol. The van der Waals surface area contributed by atoms with Crippen LogP contribution < -0.4 is 20.5 Å². The summed E-state index contributed by atoms with van der Waals surface area (Å²) in [7, 11) is 3.14. The van der Waals surface area contributed by atoms with E-state index in [0.29, 0.717) is 45.1 Å². The lowest BCUT2D eigenvalue weighted by atomic mass is 9.95. The highest BCUT2D eigenvalue weighted by molar-refractivity contribution is 6.31. The van der Waals surface area contributed by atoms with Gasteiger partial charge in [-0.25, -0.2) is 4.68 Å². The molecule has 154 valence electrons. The van der Waals surface area contributed by atoms with Crippen molar-refractivity contribution in [1.82, 2.24) is 14.8 Å². The maximum Gasteiger partial charge on any atom is 0.248 e. The Kier molecular flexibility index (Phi) is 5.09. The number of halogens is 1. The van der Waals surface area contributed by atoms with Gasteiger partial charge in [0.15, 0.2) is 17.3 Å². The topological polar surface area (TPSA) is 104 Å². The molecule has 8 nitrogen and oxygen atoms in total. The third kappa shape index (κ3) is 3.25. The molecule has 1 aliphatic rings. The molecule has 1 unspecified atom stereocenters. The molecule has 0 bridgehead atoms. The summed E-state index contributed by atoms with van der Waals surface area (Å²) >= 11 is 6.45. The van der Waals surface area contributed by atoms with Crippen LogP contribution >= 0.6 is 11.6 Å². The highest BCUT2D eigenvalue weighted by Crippen LogP contribution is 2.39. The van der Waals surface area contributed by atoms with E-state index in [9.17, 15) is 4.79 Å². The van der Waals surface area contributed by atoms with Gasteiger partial charge in [0.25, 0.3) is 0 Å². The fraction of sp³-hybridized carbons (Fsp3) is 0.190. The van der Waals surface area contributed by atoms with Gasteiger partial charge in [0, 0.05) is 21.8 Å². The second kappa shape index (κ2) is 7.72. The number of nitrogens with one attached hydrogen (secondary N) is 1. The zero-order chi connectivity index (χ0) is 21.4. The molecule has 0 radical (unpaired) electrons. The second-order valence-corrected chi connectivity index (χ2v) is 7.13. The van der Waals surface area contributed by atoms with Crippen molar-refractivity contribution in [3.05, 3.63) is 64.3 Å². The SMILES string of the molecule is COc1ccc(-c2nc3n(n2)C(c2ccccc2Cl)C(C(N)=O)=C(C)N3)cc1OC. The predicted octanol–water partition coefficient (Wildman–Crippen LogP) is 3.39.